The van der Waals surface area contributed by atoms with E-state index in [1.165, 1.54) is 37.9 Å². The summed E-state index contributed by atoms with van der Waals surface area (Å²) < 4.78 is 0. The zero-order valence-electron chi connectivity index (χ0n) is 10.5. The maximum atomic E-state index is 2.65. The quantitative estimate of drug-likeness (QED) is 0.747. The normalized spacial score (nSPS) is 23.5. The van der Waals surface area contributed by atoms with Crippen molar-refractivity contribution in [3.8, 4) is 0 Å². The molecule has 1 aliphatic heterocycles. The lowest BCUT2D eigenvalue weighted by molar-refractivity contribution is 0.243. The van der Waals surface area contributed by atoms with Crippen molar-refractivity contribution in [3.05, 3.63) is 35.9 Å². The van der Waals surface area contributed by atoms with Crippen molar-refractivity contribution in [2.45, 2.75) is 39.2 Å². The molecule has 1 fully saturated rings. The van der Waals surface area contributed by atoms with Crippen LogP contribution in [0.3, 0.4) is 0 Å². The second-order valence-corrected chi connectivity index (χ2v) is 5.10. The molecule has 88 valence electrons. The summed E-state index contributed by atoms with van der Waals surface area (Å²) in [5.74, 6) is 0.872. The molecular formula is C15H23N. The van der Waals surface area contributed by atoms with Crippen molar-refractivity contribution in [2.24, 2.45) is 5.92 Å². The minimum atomic E-state index is 0.765. The number of hydrogen-bond donors (Lipinski definition) is 0. The summed E-state index contributed by atoms with van der Waals surface area (Å²) in [6.45, 7) is 7.23. The van der Waals surface area contributed by atoms with E-state index >= 15 is 0 Å². The number of hydrogen-bond acceptors (Lipinski definition) is 1. The minimum Gasteiger partial charge on any atom is -0.300 e. The first-order chi connectivity index (χ1) is 7.79. The van der Waals surface area contributed by atoms with E-state index in [1.807, 2.05) is 0 Å². The number of likely N-dealkylation sites (tertiary alicyclic amines) is 1. The van der Waals surface area contributed by atoms with Gasteiger partial charge in [0.25, 0.3) is 0 Å². The van der Waals surface area contributed by atoms with E-state index in [-0.39, 0.29) is 0 Å². The van der Waals surface area contributed by atoms with Gasteiger partial charge in [-0.15, -0.1) is 0 Å². The molecule has 1 aromatic carbocycles. The Morgan fingerprint density at radius 1 is 1.31 bits per heavy atom. The van der Waals surface area contributed by atoms with Crippen LogP contribution >= 0.6 is 0 Å². The molecule has 0 bridgehead atoms. The fourth-order valence-electron chi connectivity index (χ4n) is 2.64. The second-order valence-electron chi connectivity index (χ2n) is 5.10. The lowest BCUT2D eigenvalue weighted by atomic mass is 9.99. The van der Waals surface area contributed by atoms with Gasteiger partial charge in [-0.1, -0.05) is 37.3 Å². The van der Waals surface area contributed by atoms with Crippen LogP contribution in [0.2, 0.25) is 0 Å². The monoisotopic (exact) mass is 217 g/mol. The van der Waals surface area contributed by atoms with Gasteiger partial charge in [-0.3, -0.25) is 0 Å². The molecule has 1 heterocycles. The van der Waals surface area contributed by atoms with E-state index < -0.39 is 0 Å². The van der Waals surface area contributed by atoms with Crippen molar-refractivity contribution >= 4 is 0 Å². The second kappa shape index (κ2) is 5.49. The molecule has 0 aliphatic carbocycles. The van der Waals surface area contributed by atoms with Gasteiger partial charge in [0.1, 0.15) is 0 Å². The topological polar surface area (TPSA) is 3.24 Å². The minimum absolute atomic E-state index is 0.765. The molecule has 0 aromatic heterocycles. The average molecular weight is 217 g/mol. The van der Waals surface area contributed by atoms with Crippen molar-refractivity contribution in [3.63, 3.8) is 0 Å². The SMILES string of the molecule is CCC(C)N1CCC(Cc2ccccc2)C1. The molecule has 0 N–H and O–H groups in total. The largest absolute Gasteiger partial charge is 0.300 e. The molecule has 0 spiro atoms. The standard InChI is InChI=1S/C15H23N/c1-3-13(2)16-10-9-15(12-16)11-14-7-5-4-6-8-14/h4-8,13,15H,3,9-12H2,1-2H3. The van der Waals surface area contributed by atoms with E-state index in [1.54, 1.807) is 0 Å². The smallest absolute Gasteiger partial charge is 0.00644 e. The molecule has 2 atom stereocenters. The van der Waals surface area contributed by atoms with Crippen LogP contribution in [0.15, 0.2) is 30.3 Å². The summed E-state index contributed by atoms with van der Waals surface area (Å²) in [4.78, 5) is 2.65. The molecular weight excluding hydrogens is 194 g/mol. The molecule has 0 radical (unpaired) electrons. The van der Waals surface area contributed by atoms with Gasteiger partial charge in [-0.05, 0) is 44.2 Å². The van der Waals surface area contributed by atoms with Gasteiger partial charge in [0.05, 0.1) is 0 Å². The van der Waals surface area contributed by atoms with Gasteiger partial charge in [0, 0.05) is 12.6 Å². The molecule has 0 saturated carbocycles. The Kier molecular flexibility index (Phi) is 4.00. The van der Waals surface area contributed by atoms with Crippen LogP contribution < -0.4 is 0 Å². The highest BCUT2D eigenvalue weighted by Gasteiger charge is 2.24. The lowest BCUT2D eigenvalue weighted by Gasteiger charge is -2.22. The predicted octanol–water partition coefficient (Wildman–Crippen LogP) is 3.35. The number of benzene rings is 1. The van der Waals surface area contributed by atoms with Crippen molar-refractivity contribution in [2.75, 3.05) is 13.1 Å². The highest BCUT2D eigenvalue weighted by molar-refractivity contribution is 5.15. The molecule has 1 heteroatoms. The highest BCUT2D eigenvalue weighted by Crippen LogP contribution is 2.23. The first kappa shape index (κ1) is 11.7. The van der Waals surface area contributed by atoms with E-state index in [2.05, 4.69) is 49.1 Å². The summed E-state index contributed by atoms with van der Waals surface area (Å²) in [7, 11) is 0. The van der Waals surface area contributed by atoms with Crippen LogP contribution in [0.5, 0.6) is 0 Å². The molecule has 1 nitrogen and oxygen atoms in total. The van der Waals surface area contributed by atoms with Crippen LogP contribution in [-0.2, 0) is 6.42 Å². The summed E-state index contributed by atoms with van der Waals surface area (Å²) in [6, 6.07) is 11.7. The summed E-state index contributed by atoms with van der Waals surface area (Å²) in [6.07, 6.45) is 3.91. The van der Waals surface area contributed by atoms with Gasteiger partial charge >= 0.3 is 0 Å². The van der Waals surface area contributed by atoms with Crippen LogP contribution in [0, 0.1) is 5.92 Å². The maximum Gasteiger partial charge on any atom is 0.00644 e. The third kappa shape index (κ3) is 2.85. The fourth-order valence-corrected chi connectivity index (χ4v) is 2.64. The molecule has 2 unspecified atom stereocenters. The Hall–Kier alpha value is -0.820. The predicted molar refractivity (Wildman–Crippen MR) is 69.6 cm³/mol. The fraction of sp³-hybridized carbons (Fsp3) is 0.600. The Morgan fingerprint density at radius 2 is 2.06 bits per heavy atom. The third-order valence-corrected chi connectivity index (χ3v) is 3.90. The summed E-state index contributed by atoms with van der Waals surface area (Å²) in [5.41, 5.74) is 1.50. The molecule has 0 amide bonds. The van der Waals surface area contributed by atoms with E-state index in [4.69, 9.17) is 0 Å². The van der Waals surface area contributed by atoms with Gasteiger partial charge in [0.15, 0.2) is 0 Å². The van der Waals surface area contributed by atoms with Crippen molar-refractivity contribution < 1.29 is 0 Å². The van der Waals surface area contributed by atoms with Gasteiger partial charge in [-0.25, -0.2) is 0 Å². The Morgan fingerprint density at radius 3 is 2.75 bits per heavy atom. The number of nitrogens with zero attached hydrogens (tertiary/aromatic N) is 1. The first-order valence-electron chi connectivity index (χ1n) is 6.57. The lowest BCUT2D eigenvalue weighted by Crippen LogP contribution is -2.30. The average Bonchev–Trinajstić information content (AvgIpc) is 2.78. The Labute approximate surface area is 99.5 Å². The number of rotatable bonds is 4. The molecule has 1 saturated heterocycles. The zero-order valence-corrected chi connectivity index (χ0v) is 10.5. The molecule has 16 heavy (non-hydrogen) atoms. The Bertz CT molecular complexity index is 306. The van der Waals surface area contributed by atoms with Crippen LogP contribution in [0.4, 0.5) is 0 Å². The third-order valence-electron chi connectivity index (χ3n) is 3.90. The zero-order chi connectivity index (χ0) is 11.4. The van der Waals surface area contributed by atoms with Gasteiger partial charge < -0.3 is 4.90 Å². The van der Waals surface area contributed by atoms with Crippen molar-refractivity contribution in [1.29, 1.82) is 0 Å². The van der Waals surface area contributed by atoms with Crippen LogP contribution in [0.25, 0.3) is 0 Å². The van der Waals surface area contributed by atoms with Crippen LogP contribution in [0.1, 0.15) is 32.3 Å². The maximum absolute atomic E-state index is 2.65. The van der Waals surface area contributed by atoms with E-state index in [0.717, 1.165) is 12.0 Å². The molecule has 1 aromatic rings. The van der Waals surface area contributed by atoms with E-state index in [0.29, 0.717) is 0 Å². The van der Waals surface area contributed by atoms with Crippen molar-refractivity contribution in [1.82, 2.24) is 4.90 Å². The van der Waals surface area contributed by atoms with Gasteiger partial charge in [-0.2, -0.15) is 0 Å². The first-order valence-corrected chi connectivity index (χ1v) is 6.57. The molecule has 2 rings (SSSR count). The summed E-state index contributed by atoms with van der Waals surface area (Å²) >= 11 is 0. The summed E-state index contributed by atoms with van der Waals surface area (Å²) in [5, 5.41) is 0. The van der Waals surface area contributed by atoms with Gasteiger partial charge in [0.2, 0.25) is 0 Å². The molecule has 1 aliphatic rings. The highest BCUT2D eigenvalue weighted by atomic mass is 15.2. The van der Waals surface area contributed by atoms with E-state index in [9.17, 15) is 0 Å². The Balaban J connectivity index is 1.85. The van der Waals surface area contributed by atoms with Crippen LogP contribution in [-0.4, -0.2) is 24.0 Å².